The van der Waals surface area contributed by atoms with Gasteiger partial charge in [0.2, 0.25) is 11.8 Å². The Morgan fingerprint density at radius 3 is 2.55 bits per heavy atom. The smallest absolute Gasteiger partial charge is 0.241 e. The fourth-order valence-electron chi connectivity index (χ4n) is 3.30. The van der Waals surface area contributed by atoms with E-state index in [1.165, 1.54) is 0 Å². The van der Waals surface area contributed by atoms with Crippen molar-refractivity contribution in [3.8, 4) is 0 Å². The minimum Gasteiger partial charge on any atom is -0.379 e. The number of anilines is 1. The van der Waals surface area contributed by atoms with E-state index in [1.807, 2.05) is 20.8 Å². The molecular weight excluding hydrogens is 413 g/mol. The molecule has 1 aromatic rings. The minimum atomic E-state index is -0.317. The van der Waals surface area contributed by atoms with Crippen molar-refractivity contribution < 1.29 is 14.3 Å². The Kier molecular flexibility index (Phi) is 9.69. The molecule has 1 unspecified atom stereocenters. The fourth-order valence-corrected chi connectivity index (χ4v) is 3.65. The lowest BCUT2D eigenvalue weighted by Crippen LogP contribution is -2.48. The van der Waals surface area contributed by atoms with Gasteiger partial charge in [-0.1, -0.05) is 29.3 Å². The first-order valence-corrected chi connectivity index (χ1v) is 10.9. The molecule has 0 radical (unpaired) electrons. The molecule has 0 saturated carbocycles. The van der Waals surface area contributed by atoms with E-state index in [1.54, 1.807) is 18.2 Å². The van der Waals surface area contributed by atoms with Gasteiger partial charge in [0.1, 0.15) is 0 Å². The molecular formula is C21H31Cl2N3O3. The molecule has 8 heteroatoms. The van der Waals surface area contributed by atoms with Gasteiger partial charge in [0.25, 0.3) is 0 Å². The van der Waals surface area contributed by atoms with E-state index >= 15 is 0 Å². The number of amides is 2. The molecule has 1 aliphatic heterocycles. The number of rotatable bonds is 9. The molecule has 29 heavy (non-hydrogen) atoms. The van der Waals surface area contributed by atoms with Crippen LogP contribution in [0.15, 0.2) is 18.2 Å². The highest BCUT2D eigenvalue weighted by atomic mass is 35.5. The van der Waals surface area contributed by atoms with Crippen molar-refractivity contribution in [1.82, 2.24) is 10.2 Å². The van der Waals surface area contributed by atoms with Crippen LogP contribution in [-0.2, 0) is 14.3 Å². The minimum absolute atomic E-state index is 0.00472. The normalized spacial score (nSPS) is 16.6. The van der Waals surface area contributed by atoms with E-state index in [9.17, 15) is 9.59 Å². The van der Waals surface area contributed by atoms with Crippen molar-refractivity contribution in [2.75, 3.05) is 31.6 Å². The molecule has 0 aliphatic carbocycles. The van der Waals surface area contributed by atoms with Crippen LogP contribution in [0.3, 0.4) is 0 Å². The topological polar surface area (TPSA) is 70.7 Å². The van der Waals surface area contributed by atoms with E-state index < -0.39 is 0 Å². The first-order valence-electron chi connectivity index (χ1n) is 10.2. The second kappa shape index (κ2) is 11.7. The van der Waals surface area contributed by atoms with Gasteiger partial charge < -0.3 is 15.4 Å². The first-order chi connectivity index (χ1) is 13.8. The number of piperidine rings is 1. The van der Waals surface area contributed by atoms with Crippen LogP contribution in [0.2, 0.25) is 10.0 Å². The third-order valence-corrected chi connectivity index (χ3v) is 5.93. The third kappa shape index (κ3) is 7.45. The summed E-state index contributed by atoms with van der Waals surface area (Å²) in [6, 6.07) is 4.83. The number of benzene rings is 1. The van der Waals surface area contributed by atoms with Crippen molar-refractivity contribution in [3.05, 3.63) is 28.2 Å². The number of carbonyl (C=O) groups is 2. The van der Waals surface area contributed by atoms with E-state index in [4.69, 9.17) is 27.9 Å². The molecule has 2 rings (SSSR count). The Balaban J connectivity index is 1.74. The predicted octanol–water partition coefficient (Wildman–Crippen LogP) is 3.96. The standard InChI is InChI=1S/C21H31Cl2N3O3/c1-14(2)29-13-5-10-24-21(28)16-8-11-26(12-9-16)15(3)20(27)25-18-7-4-6-17(22)19(18)23/h4,6-7,14-16H,5,8-13H2,1-3H3,(H,24,28)(H,25,27). The van der Waals surface area contributed by atoms with Gasteiger partial charge in [-0.15, -0.1) is 0 Å². The SMILES string of the molecule is CC(C)OCCCNC(=O)C1CCN(C(C)C(=O)Nc2cccc(Cl)c2Cl)CC1. The highest BCUT2D eigenvalue weighted by Gasteiger charge is 2.29. The summed E-state index contributed by atoms with van der Waals surface area (Å²) in [4.78, 5) is 27.0. The van der Waals surface area contributed by atoms with Gasteiger partial charge in [-0.2, -0.15) is 0 Å². The largest absolute Gasteiger partial charge is 0.379 e. The van der Waals surface area contributed by atoms with E-state index in [2.05, 4.69) is 15.5 Å². The summed E-state index contributed by atoms with van der Waals surface area (Å²) in [6.45, 7) is 8.54. The number of halogens is 2. The van der Waals surface area contributed by atoms with Crippen molar-refractivity contribution in [3.63, 3.8) is 0 Å². The zero-order valence-corrected chi connectivity index (χ0v) is 18.9. The second-order valence-electron chi connectivity index (χ2n) is 7.64. The Hall–Kier alpha value is -1.34. The summed E-state index contributed by atoms with van der Waals surface area (Å²) < 4.78 is 5.48. The second-order valence-corrected chi connectivity index (χ2v) is 8.43. The van der Waals surface area contributed by atoms with E-state index in [0.717, 1.165) is 19.3 Å². The molecule has 0 bridgehead atoms. The average molecular weight is 444 g/mol. The molecule has 0 spiro atoms. The highest BCUT2D eigenvalue weighted by Crippen LogP contribution is 2.30. The number of nitrogens with one attached hydrogen (secondary N) is 2. The molecule has 162 valence electrons. The van der Waals surface area contributed by atoms with Crippen LogP contribution in [0, 0.1) is 5.92 Å². The van der Waals surface area contributed by atoms with Crippen molar-refractivity contribution in [1.29, 1.82) is 0 Å². The zero-order chi connectivity index (χ0) is 21.4. The summed E-state index contributed by atoms with van der Waals surface area (Å²) >= 11 is 12.1. The number of hydrogen-bond acceptors (Lipinski definition) is 4. The summed E-state index contributed by atoms with van der Waals surface area (Å²) in [5.41, 5.74) is 0.506. The predicted molar refractivity (Wildman–Crippen MR) is 118 cm³/mol. The van der Waals surface area contributed by atoms with Gasteiger partial charge in [-0.3, -0.25) is 14.5 Å². The number of likely N-dealkylation sites (tertiary alicyclic amines) is 1. The molecule has 1 atom stereocenters. The maximum atomic E-state index is 12.6. The lowest BCUT2D eigenvalue weighted by Gasteiger charge is -2.34. The molecule has 1 aliphatic rings. The summed E-state index contributed by atoms with van der Waals surface area (Å²) in [5, 5.41) is 6.57. The highest BCUT2D eigenvalue weighted by molar-refractivity contribution is 6.44. The van der Waals surface area contributed by atoms with Gasteiger partial charge in [0.15, 0.2) is 0 Å². The maximum Gasteiger partial charge on any atom is 0.241 e. The van der Waals surface area contributed by atoms with Crippen LogP contribution >= 0.6 is 23.2 Å². The summed E-state index contributed by atoms with van der Waals surface area (Å²) in [6.07, 6.45) is 2.50. The van der Waals surface area contributed by atoms with Gasteiger partial charge in [0, 0.05) is 19.1 Å². The van der Waals surface area contributed by atoms with Crippen LogP contribution in [0.1, 0.15) is 40.0 Å². The van der Waals surface area contributed by atoms with E-state index in [-0.39, 0.29) is 29.9 Å². The van der Waals surface area contributed by atoms with Gasteiger partial charge in [-0.25, -0.2) is 0 Å². The number of nitrogens with zero attached hydrogens (tertiary/aromatic N) is 1. The third-order valence-electron chi connectivity index (χ3n) is 5.11. The summed E-state index contributed by atoms with van der Waals surface area (Å²) in [7, 11) is 0. The van der Waals surface area contributed by atoms with Crippen LogP contribution in [0.5, 0.6) is 0 Å². The average Bonchev–Trinajstić information content (AvgIpc) is 2.70. The number of ether oxygens (including phenoxy) is 1. The molecule has 1 saturated heterocycles. The van der Waals surface area contributed by atoms with Crippen LogP contribution in [0.25, 0.3) is 0 Å². The Labute approximate surface area is 183 Å². The molecule has 1 aromatic carbocycles. The van der Waals surface area contributed by atoms with Gasteiger partial charge in [0.05, 0.1) is 27.9 Å². The van der Waals surface area contributed by atoms with Crippen LogP contribution in [-0.4, -0.2) is 55.1 Å². The Bertz CT molecular complexity index is 692. The van der Waals surface area contributed by atoms with Gasteiger partial charge >= 0.3 is 0 Å². The lowest BCUT2D eigenvalue weighted by molar-refractivity contribution is -0.127. The maximum absolute atomic E-state index is 12.6. The quantitative estimate of drug-likeness (QED) is 0.566. The summed E-state index contributed by atoms with van der Waals surface area (Å²) in [5.74, 6) is -0.0471. The molecule has 2 amide bonds. The molecule has 1 heterocycles. The fraction of sp³-hybridized carbons (Fsp3) is 0.619. The van der Waals surface area contributed by atoms with E-state index in [0.29, 0.717) is 42.0 Å². The van der Waals surface area contributed by atoms with Gasteiger partial charge in [-0.05, 0) is 65.3 Å². The Morgan fingerprint density at radius 2 is 1.90 bits per heavy atom. The Morgan fingerprint density at radius 1 is 1.21 bits per heavy atom. The van der Waals surface area contributed by atoms with Crippen LogP contribution < -0.4 is 10.6 Å². The van der Waals surface area contributed by atoms with Crippen molar-refractivity contribution in [2.24, 2.45) is 5.92 Å². The molecule has 2 N–H and O–H groups in total. The first kappa shape index (κ1) is 23.9. The van der Waals surface area contributed by atoms with Crippen LogP contribution in [0.4, 0.5) is 5.69 Å². The molecule has 1 fully saturated rings. The van der Waals surface area contributed by atoms with Crippen molar-refractivity contribution >= 4 is 40.7 Å². The number of hydrogen-bond donors (Lipinski definition) is 2. The monoisotopic (exact) mass is 443 g/mol. The number of carbonyl (C=O) groups excluding carboxylic acids is 2. The van der Waals surface area contributed by atoms with Crippen molar-refractivity contribution in [2.45, 2.75) is 52.2 Å². The lowest BCUT2D eigenvalue weighted by atomic mass is 9.95. The zero-order valence-electron chi connectivity index (χ0n) is 17.3. The molecule has 6 nitrogen and oxygen atoms in total. The molecule has 0 aromatic heterocycles.